The number of carbonyl (C=O) groups excluding carboxylic acids is 2. The van der Waals surface area contributed by atoms with Crippen molar-refractivity contribution in [2.24, 2.45) is 0 Å². The molecule has 25 heavy (non-hydrogen) atoms. The number of hydrogen-bond donors (Lipinski definition) is 0. The van der Waals surface area contributed by atoms with E-state index < -0.39 is 12.6 Å². The second kappa shape index (κ2) is 9.93. The third-order valence-electron chi connectivity index (χ3n) is 3.29. The van der Waals surface area contributed by atoms with Crippen LogP contribution in [-0.2, 0) is 14.3 Å². The fourth-order valence-corrected chi connectivity index (χ4v) is 2.00. The van der Waals surface area contributed by atoms with Gasteiger partial charge < -0.3 is 14.4 Å². The topological polar surface area (TPSA) is 79.6 Å². The summed E-state index contributed by atoms with van der Waals surface area (Å²) < 4.78 is 10.0. The number of benzene rings is 1. The predicted molar refractivity (Wildman–Crippen MR) is 94.6 cm³/mol. The number of likely N-dealkylation sites (N-methyl/N-ethyl adjacent to an activating group) is 1. The number of nitriles is 1. The van der Waals surface area contributed by atoms with Crippen LogP contribution in [0.25, 0.3) is 6.08 Å². The third-order valence-corrected chi connectivity index (χ3v) is 3.29. The Morgan fingerprint density at radius 3 is 2.44 bits per heavy atom. The van der Waals surface area contributed by atoms with Gasteiger partial charge in [-0.3, -0.25) is 4.79 Å². The molecule has 0 aromatic heterocycles. The molecule has 0 fully saturated rings. The highest BCUT2D eigenvalue weighted by atomic mass is 16.5. The summed E-state index contributed by atoms with van der Waals surface area (Å²) in [5.74, 6) is -0.500. The van der Waals surface area contributed by atoms with Crippen molar-refractivity contribution in [3.05, 3.63) is 47.6 Å². The lowest BCUT2D eigenvalue weighted by Crippen LogP contribution is -2.35. The molecule has 0 atom stereocenters. The molecule has 0 bridgehead atoms. The van der Waals surface area contributed by atoms with Crippen LogP contribution in [-0.4, -0.2) is 43.6 Å². The molecule has 1 amide bonds. The van der Waals surface area contributed by atoms with E-state index in [0.717, 1.165) is 5.57 Å². The number of rotatable bonds is 8. The standard InChI is InChI=1S/C19H22N2O4/c1-5-21(12-14(2)3)18(22)13-25-19(23)16(11-20)10-15-6-8-17(24-4)9-7-15/h6-10H,2,5,12-13H2,1,3-4H3. The molecule has 0 N–H and O–H groups in total. The summed E-state index contributed by atoms with van der Waals surface area (Å²) in [7, 11) is 1.55. The van der Waals surface area contributed by atoms with Gasteiger partial charge in [0, 0.05) is 13.1 Å². The molecule has 132 valence electrons. The van der Waals surface area contributed by atoms with E-state index >= 15 is 0 Å². The van der Waals surface area contributed by atoms with E-state index in [4.69, 9.17) is 14.7 Å². The summed E-state index contributed by atoms with van der Waals surface area (Å²) in [6.45, 7) is 7.87. The van der Waals surface area contributed by atoms with E-state index in [2.05, 4.69) is 6.58 Å². The molecule has 0 saturated heterocycles. The van der Waals surface area contributed by atoms with E-state index in [9.17, 15) is 9.59 Å². The molecule has 1 aromatic carbocycles. The maximum absolute atomic E-state index is 12.0. The van der Waals surface area contributed by atoms with Crippen LogP contribution in [0.3, 0.4) is 0 Å². The molecule has 0 unspecified atom stereocenters. The van der Waals surface area contributed by atoms with Crippen LogP contribution in [0.5, 0.6) is 5.75 Å². The summed E-state index contributed by atoms with van der Waals surface area (Å²) in [4.78, 5) is 25.6. The first-order valence-corrected chi connectivity index (χ1v) is 7.76. The number of esters is 1. The van der Waals surface area contributed by atoms with Gasteiger partial charge in [-0.15, -0.1) is 0 Å². The van der Waals surface area contributed by atoms with Gasteiger partial charge in [0.05, 0.1) is 7.11 Å². The first-order chi connectivity index (χ1) is 11.9. The molecule has 0 spiro atoms. The summed E-state index contributed by atoms with van der Waals surface area (Å²) in [6.07, 6.45) is 1.40. The summed E-state index contributed by atoms with van der Waals surface area (Å²) in [5.41, 5.74) is 1.30. The monoisotopic (exact) mass is 342 g/mol. The van der Waals surface area contributed by atoms with Crippen LogP contribution in [0, 0.1) is 11.3 Å². The highest BCUT2D eigenvalue weighted by Crippen LogP contribution is 2.14. The first-order valence-electron chi connectivity index (χ1n) is 7.76. The average Bonchev–Trinajstić information content (AvgIpc) is 2.62. The summed E-state index contributed by atoms with van der Waals surface area (Å²) in [5, 5.41) is 9.15. The molecule has 6 nitrogen and oxygen atoms in total. The maximum atomic E-state index is 12.0. The number of methoxy groups -OCH3 is 1. The fraction of sp³-hybridized carbons (Fsp3) is 0.316. The lowest BCUT2D eigenvalue weighted by Gasteiger charge is -2.20. The van der Waals surface area contributed by atoms with Gasteiger partial charge in [-0.2, -0.15) is 5.26 Å². The fourth-order valence-electron chi connectivity index (χ4n) is 2.00. The van der Waals surface area contributed by atoms with Crippen LogP contribution in [0.4, 0.5) is 0 Å². The zero-order chi connectivity index (χ0) is 18.8. The SMILES string of the molecule is C=C(C)CN(CC)C(=O)COC(=O)C(C#N)=Cc1ccc(OC)cc1. The number of nitrogens with zero attached hydrogens (tertiary/aromatic N) is 2. The lowest BCUT2D eigenvalue weighted by molar-refractivity contribution is -0.148. The Kier molecular flexibility index (Phi) is 7.94. The van der Waals surface area contributed by atoms with Crippen molar-refractivity contribution in [3.8, 4) is 11.8 Å². The quantitative estimate of drug-likeness (QED) is 0.314. The Bertz CT molecular complexity index is 699. The van der Waals surface area contributed by atoms with Gasteiger partial charge in [0.2, 0.25) is 0 Å². The molecule has 6 heteroatoms. The lowest BCUT2D eigenvalue weighted by atomic mass is 10.1. The molecule has 0 aliphatic carbocycles. The molecule has 0 heterocycles. The van der Waals surface area contributed by atoms with Gasteiger partial charge in [-0.1, -0.05) is 24.3 Å². The van der Waals surface area contributed by atoms with Crippen LogP contribution in [0.15, 0.2) is 42.0 Å². The Morgan fingerprint density at radius 2 is 1.96 bits per heavy atom. The Balaban J connectivity index is 2.72. The van der Waals surface area contributed by atoms with Crippen LogP contribution in [0.2, 0.25) is 0 Å². The Hall–Kier alpha value is -3.07. The van der Waals surface area contributed by atoms with Crippen LogP contribution < -0.4 is 4.74 Å². The van der Waals surface area contributed by atoms with Crippen molar-refractivity contribution in [1.82, 2.24) is 4.90 Å². The van der Waals surface area contributed by atoms with Crippen molar-refractivity contribution in [2.45, 2.75) is 13.8 Å². The van der Waals surface area contributed by atoms with E-state index in [1.165, 1.54) is 11.0 Å². The van der Waals surface area contributed by atoms with Crippen molar-refractivity contribution in [2.75, 3.05) is 26.8 Å². The number of hydrogen-bond acceptors (Lipinski definition) is 5. The molecule has 0 aliphatic rings. The van der Waals surface area contributed by atoms with E-state index in [1.807, 2.05) is 13.8 Å². The third kappa shape index (κ3) is 6.51. The molecule has 1 aromatic rings. The minimum atomic E-state index is -0.835. The largest absolute Gasteiger partial charge is 0.497 e. The van der Waals surface area contributed by atoms with Crippen molar-refractivity contribution in [1.29, 1.82) is 5.26 Å². The van der Waals surface area contributed by atoms with Gasteiger partial charge in [0.1, 0.15) is 17.4 Å². The minimum absolute atomic E-state index is 0.180. The number of amides is 1. The van der Waals surface area contributed by atoms with Crippen molar-refractivity contribution >= 4 is 18.0 Å². The highest BCUT2D eigenvalue weighted by Gasteiger charge is 2.16. The smallest absolute Gasteiger partial charge is 0.349 e. The van der Waals surface area contributed by atoms with Crippen molar-refractivity contribution < 1.29 is 19.1 Å². The zero-order valence-electron chi connectivity index (χ0n) is 14.7. The molecule has 0 radical (unpaired) electrons. The van der Waals surface area contributed by atoms with E-state index in [-0.39, 0.29) is 11.5 Å². The molecule has 0 saturated carbocycles. The highest BCUT2D eigenvalue weighted by molar-refractivity contribution is 5.98. The Morgan fingerprint density at radius 1 is 1.32 bits per heavy atom. The van der Waals surface area contributed by atoms with Crippen LogP contribution >= 0.6 is 0 Å². The minimum Gasteiger partial charge on any atom is -0.497 e. The Labute approximate surface area is 147 Å². The first kappa shape index (κ1) is 20.0. The van der Waals surface area contributed by atoms with Gasteiger partial charge in [0.15, 0.2) is 6.61 Å². The molecular formula is C19H22N2O4. The second-order valence-corrected chi connectivity index (χ2v) is 5.38. The average molecular weight is 342 g/mol. The maximum Gasteiger partial charge on any atom is 0.349 e. The van der Waals surface area contributed by atoms with Gasteiger partial charge in [-0.25, -0.2) is 4.79 Å². The summed E-state index contributed by atoms with van der Waals surface area (Å²) >= 11 is 0. The zero-order valence-corrected chi connectivity index (χ0v) is 14.7. The van der Waals surface area contributed by atoms with Gasteiger partial charge in [-0.05, 0) is 37.6 Å². The molecule has 0 aliphatic heterocycles. The predicted octanol–water partition coefficient (Wildman–Crippen LogP) is 2.57. The van der Waals surface area contributed by atoms with Gasteiger partial charge in [0.25, 0.3) is 5.91 Å². The normalized spacial score (nSPS) is 10.6. The van der Waals surface area contributed by atoms with E-state index in [1.54, 1.807) is 37.4 Å². The number of ether oxygens (including phenoxy) is 2. The van der Waals surface area contributed by atoms with Crippen LogP contribution in [0.1, 0.15) is 19.4 Å². The van der Waals surface area contributed by atoms with Crippen molar-refractivity contribution in [3.63, 3.8) is 0 Å². The molecular weight excluding hydrogens is 320 g/mol. The summed E-state index contributed by atoms with van der Waals surface area (Å²) in [6, 6.07) is 8.64. The van der Waals surface area contributed by atoms with Gasteiger partial charge >= 0.3 is 5.97 Å². The second-order valence-electron chi connectivity index (χ2n) is 5.38. The number of carbonyl (C=O) groups is 2. The molecule has 1 rings (SSSR count). The van der Waals surface area contributed by atoms with E-state index in [0.29, 0.717) is 24.4 Å².